The van der Waals surface area contributed by atoms with Gasteiger partial charge in [0.15, 0.2) is 0 Å². The Morgan fingerprint density at radius 3 is 2.20 bits per heavy atom. The number of carbonyl (C=O) groups is 1. The first kappa shape index (κ1) is 19.3. The molecule has 8 nitrogen and oxygen atoms in total. The minimum Gasteiger partial charge on any atom is -0.481 e. The van der Waals surface area contributed by atoms with Gasteiger partial charge in [0.2, 0.25) is 0 Å². The number of hydrogen-bond donors (Lipinski definition) is 1. The van der Waals surface area contributed by atoms with Crippen LogP contribution in [0, 0.1) is 0 Å². The van der Waals surface area contributed by atoms with Gasteiger partial charge in [0.25, 0.3) is 10.2 Å². The van der Waals surface area contributed by atoms with Crippen LogP contribution in [0.2, 0.25) is 0 Å². The molecule has 0 heterocycles. The van der Waals surface area contributed by atoms with Crippen LogP contribution in [-0.4, -0.2) is 82.2 Å². The monoisotopic (exact) mass is 312 g/mol. The molecular weight excluding hydrogens is 288 g/mol. The molecule has 0 aromatic heterocycles. The molecule has 0 aromatic rings. The second kappa shape index (κ2) is 10.1. The smallest absolute Gasteiger partial charge is 0.304 e. The van der Waals surface area contributed by atoms with Crippen molar-refractivity contribution in [1.82, 2.24) is 8.61 Å². The van der Waals surface area contributed by atoms with Crippen molar-refractivity contribution in [1.29, 1.82) is 0 Å². The predicted octanol–water partition coefficient (Wildman–Crippen LogP) is -0.377. The molecule has 0 saturated carbocycles. The molecule has 0 amide bonds. The van der Waals surface area contributed by atoms with E-state index in [1.807, 2.05) is 0 Å². The van der Waals surface area contributed by atoms with Crippen LogP contribution in [0.3, 0.4) is 0 Å². The molecule has 0 aliphatic rings. The fourth-order valence-corrected chi connectivity index (χ4v) is 2.87. The highest BCUT2D eigenvalue weighted by Crippen LogP contribution is 2.08. The molecule has 0 spiro atoms. The van der Waals surface area contributed by atoms with Gasteiger partial charge in [0, 0.05) is 47.5 Å². The van der Waals surface area contributed by atoms with E-state index in [0.717, 1.165) is 4.31 Å². The first-order valence-electron chi connectivity index (χ1n) is 6.27. The van der Waals surface area contributed by atoms with Crippen LogP contribution in [0.25, 0.3) is 0 Å². The lowest BCUT2D eigenvalue weighted by atomic mass is 10.4. The minimum absolute atomic E-state index is 0.0641. The molecule has 20 heavy (non-hydrogen) atoms. The van der Waals surface area contributed by atoms with E-state index in [9.17, 15) is 13.2 Å². The Morgan fingerprint density at radius 1 is 1.10 bits per heavy atom. The van der Waals surface area contributed by atoms with Crippen molar-refractivity contribution >= 4 is 16.2 Å². The second-order valence-electron chi connectivity index (χ2n) is 4.21. The van der Waals surface area contributed by atoms with Gasteiger partial charge in [0.1, 0.15) is 0 Å². The minimum atomic E-state index is -3.68. The zero-order valence-corrected chi connectivity index (χ0v) is 13.1. The molecule has 0 saturated heterocycles. The number of carboxylic acid groups (broad SMARTS) is 1. The lowest BCUT2D eigenvalue weighted by Crippen LogP contribution is -2.44. The van der Waals surface area contributed by atoms with E-state index in [1.54, 1.807) is 7.11 Å². The fraction of sp³-hybridized carbons (Fsp3) is 0.909. The third-order valence-corrected chi connectivity index (χ3v) is 4.65. The summed E-state index contributed by atoms with van der Waals surface area (Å²) in [6.45, 7) is 1.19. The van der Waals surface area contributed by atoms with Crippen molar-refractivity contribution < 1.29 is 27.8 Å². The lowest BCUT2D eigenvalue weighted by molar-refractivity contribution is -0.137. The summed E-state index contributed by atoms with van der Waals surface area (Å²) >= 11 is 0. The number of methoxy groups -OCH3 is 2. The summed E-state index contributed by atoms with van der Waals surface area (Å²) < 4.78 is 36.7. The number of carboxylic acids is 1. The number of hydrogen-bond acceptors (Lipinski definition) is 5. The van der Waals surface area contributed by atoms with Gasteiger partial charge in [-0.1, -0.05) is 0 Å². The normalized spacial score (nSPS) is 12.2. The van der Waals surface area contributed by atoms with Crippen molar-refractivity contribution in [3.8, 4) is 0 Å². The largest absolute Gasteiger partial charge is 0.481 e. The van der Waals surface area contributed by atoms with Gasteiger partial charge in [-0.2, -0.15) is 17.0 Å². The van der Waals surface area contributed by atoms with Gasteiger partial charge >= 0.3 is 5.97 Å². The molecule has 1 N–H and O–H groups in total. The Bertz CT molecular complexity index is 373. The maximum atomic E-state index is 12.3. The van der Waals surface area contributed by atoms with E-state index in [2.05, 4.69) is 0 Å². The van der Waals surface area contributed by atoms with E-state index in [0.29, 0.717) is 19.6 Å². The quantitative estimate of drug-likeness (QED) is 0.494. The molecular formula is C11H24N2O6S. The SMILES string of the molecule is COCCCN(CCOC)S(=O)(=O)N(C)CCC(=O)O. The molecule has 0 aliphatic carbocycles. The Morgan fingerprint density at radius 2 is 1.70 bits per heavy atom. The molecule has 0 aliphatic heterocycles. The van der Waals surface area contributed by atoms with E-state index in [1.165, 1.54) is 18.5 Å². The van der Waals surface area contributed by atoms with Crippen LogP contribution in [0.5, 0.6) is 0 Å². The van der Waals surface area contributed by atoms with E-state index in [-0.39, 0.29) is 26.1 Å². The van der Waals surface area contributed by atoms with Crippen molar-refractivity contribution in [3.05, 3.63) is 0 Å². The maximum absolute atomic E-state index is 12.3. The van der Waals surface area contributed by atoms with Crippen LogP contribution in [0.4, 0.5) is 0 Å². The van der Waals surface area contributed by atoms with E-state index in [4.69, 9.17) is 14.6 Å². The number of rotatable bonds is 12. The number of ether oxygens (including phenoxy) is 2. The average molecular weight is 312 g/mol. The highest BCUT2D eigenvalue weighted by Gasteiger charge is 2.26. The zero-order valence-electron chi connectivity index (χ0n) is 12.2. The highest BCUT2D eigenvalue weighted by atomic mass is 32.2. The summed E-state index contributed by atoms with van der Waals surface area (Å²) in [5, 5.41) is 8.61. The lowest BCUT2D eigenvalue weighted by Gasteiger charge is -2.27. The Kier molecular flexibility index (Phi) is 9.68. The Hall–Kier alpha value is -0.740. The fourth-order valence-electron chi connectivity index (χ4n) is 1.49. The summed E-state index contributed by atoms with van der Waals surface area (Å²) in [4.78, 5) is 10.5. The average Bonchev–Trinajstić information content (AvgIpc) is 2.39. The molecule has 0 fully saturated rings. The van der Waals surface area contributed by atoms with Crippen molar-refractivity contribution in [2.24, 2.45) is 0 Å². The Balaban J connectivity index is 4.67. The van der Waals surface area contributed by atoms with Crippen molar-refractivity contribution in [2.45, 2.75) is 12.8 Å². The third kappa shape index (κ3) is 7.15. The van der Waals surface area contributed by atoms with Crippen LogP contribution in [0.1, 0.15) is 12.8 Å². The molecule has 0 atom stereocenters. The van der Waals surface area contributed by atoms with Gasteiger partial charge in [-0.25, -0.2) is 0 Å². The summed E-state index contributed by atoms with van der Waals surface area (Å²) in [6.07, 6.45) is 0.331. The predicted molar refractivity (Wildman–Crippen MR) is 73.7 cm³/mol. The molecule has 9 heteroatoms. The molecule has 0 radical (unpaired) electrons. The number of aliphatic carboxylic acids is 1. The zero-order chi connectivity index (χ0) is 15.6. The third-order valence-electron chi connectivity index (χ3n) is 2.66. The summed E-state index contributed by atoms with van der Waals surface area (Å²) in [5.41, 5.74) is 0. The first-order chi connectivity index (χ1) is 9.36. The molecule has 0 aromatic carbocycles. The number of nitrogens with zero attached hydrogens (tertiary/aromatic N) is 2. The van der Waals surface area contributed by atoms with Gasteiger partial charge in [-0.05, 0) is 6.42 Å². The van der Waals surface area contributed by atoms with Gasteiger partial charge < -0.3 is 14.6 Å². The molecule has 0 unspecified atom stereocenters. The van der Waals surface area contributed by atoms with Gasteiger partial charge in [0.05, 0.1) is 13.0 Å². The van der Waals surface area contributed by atoms with Crippen LogP contribution >= 0.6 is 0 Å². The van der Waals surface area contributed by atoms with Crippen LogP contribution < -0.4 is 0 Å². The highest BCUT2D eigenvalue weighted by molar-refractivity contribution is 7.86. The van der Waals surface area contributed by atoms with Crippen LogP contribution in [0.15, 0.2) is 0 Å². The van der Waals surface area contributed by atoms with E-state index < -0.39 is 16.2 Å². The molecule has 120 valence electrons. The van der Waals surface area contributed by atoms with Gasteiger partial charge in [-0.15, -0.1) is 0 Å². The molecule has 0 rings (SSSR count). The topological polar surface area (TPSA) is 96.4 Å². The second-order valence-corrected chi connectivity index (χ2v) is 6.25. The standard InChI is InChI=1S/C11H24N2O6S/c1-12(7-5-11(14)15)20(16,17)13(8-10-19-3)6-4-9-18-2/h4-10H2,1-3H3,(H,14,15). The van der Waals surface area contributed by atoms with Gasteiger partial charge in [-0.3, -0.25) is 4.79 Å². The summed E-state index contributed by atoms with van der Waals surface area (Å²) in [5.74, 6) is -1.03. The summed E-state index contributed by atoms with van der Waals surface area (Å²) in [7, 11) is 0.731. The van der Waals surface area contributed by atoms with Crippen molar-refractivity contribution in [3.63, 3.8) is 0 Å². The first-order valence-corrected chi connectivity index (χ1v) is 7.67. The van der Waals surface area contributed by atoms with Crippen molar-refractivity contribution in [2.75, 3.05) is 54.1 Å². The summed E-state index contributed by atoms with van der Waals surface area (Å²) in [6, 6.07) is 0. The Labute approximate surface area is 120 Å². The molecule has 0 bridgehead atoms. The maximum Gasteiger partial charge on any atom is 0.304 e. The van der Waals surface area contributed by atoms with Crippen LogP contribution in [-0.2, 0) is 24.5 Å². The van der Waals surface area contributed by atoms with E-state index >= 15 is 0 Å².